The van der Waals surface area contributed by atoms with Crippen molar-refractivity contribution >= 4 is 11.9 Å². The zero-order valence-corrected chi connectivity index (χ0v) is 20.0. The van der Waals surface area contributed by atoms with Gasteiger partial charge in [-0.1, -0.05) is 0 Å². The van der Waals surface area contributed by atoms with Crippen LogP contribution in [0.25, 0.3) is 0 Å². The zero-order chi connectivity index (χ0) is 24.4. The van der Waals surface area contributed by atoms with Gasteiger partial charge in [-0.25, -0.2) is 9.59 Å². The Morgan fingerprint density at radius 3 is 2.14 bits per heavy atom. The number of ether oxygens (including phenoxy) is 4. The fourth-order valence-electron chi connectivity index (χ4n) is 6.78. The number of hydrogen-bond acceptors (Lipinski definition) is 6. The van der Waals surface area contributed by atoms with Crippen LogP contribution in [0.2, 0.25) is 0 Å². The minimum Gasteiger partial charge on any atom is -0.478 e. The molecule has 0 aromatic heterocycles. The normalized spacial score (nSPS) is 26.5. The van der Waals surface area contributed by atoms with Crippen LogP contribution in [0.4, 0.5) is 0 Å². The summed E-state index contributed by atoms with van der Waals surface area (Å²) in [6.07, 6.45) is 7.37. The largest absolute Gasteiger partial charge is 0.478 e. The minimum absolute atomic E-state index is 0.0238. The van der Waals surface area contributed by atoms with Gasteiger partial charge >= 0.3 is 11.9 Å². The number of hydrogen-bond donors (Lipinski definition) is 1. The van der Waals surface area contributed by atoms with E-state index in [0.717, 1.165) is 48.3 Å². The van der Waals surface area contributed by atoms with Crippen LogP contribution in [0.3, 0.4) is 0 Å². The highest BCUT2D eigenvalue weighted by Gasteiger charge is 2.52. The zero-order valence-electron chi connectivity index (χ0n) is 20.0. The summed E-state index contributed by atoms with van der Waals surface area (Å²) in [5.41, 5.74) is 1.72. The predicted molar refractivity (Wildman–Crippen MR) is 128 cm³/mol. The molecule has 0 heterocycles. The first-order valence-electron chi connectivity index (χ1n) is 12.4. The maximum Gasteiger partial charge on any atom is 0.343 e. The summed E-state index contributed by atoms with van der Waals surface area (Å²) >= 11 is 0. The van der Waals surface area contributed by atoms with E-state index < -0.39 is 11.9 Å². The number of methoxy groups -OCH3 is 1. The van der Waals surface area contributed by atoms with Crippen molar-refractivity contribution in [3.63, 3.8) is 0 Å². The van der Waals surface area contributed by atoms with E-state index in [2.05, 4.69) is 0 Å². The van der Waals surface area contributed by atoms with Crippen molar-refractivity contribution in [2.45, 2.75) is 43.9 Å². The number of benzene rings is 2. The summed E-state index contributed by atoms with van der Waals surface area (Å²) in [7, 11) is 1.63. The van der Waals surface area contributed by atoms with Gasteiger partial charge in [0.2, 0.25) is 0 Å². The van der Waals surface area contributed by atoms with Crippen LogP contribution in [0.1, 0.15) is 64.8 Å². The third-order valence-electron chi connectivity index (χ3n) is 7.87. The Hall–Kier alpha value is -2.90. The molecule has 0 spiro atoms. The molecule has 7 nitrogen and oxygen atoms in total. The Labute approximate surface area is 205 Å². The van der Waals surface area contributed by atoms with Crippen molar-refractivity contribution in [2.24, 2.45) is 17.8 Å². The average molecular weight is 481 g/mol. The predicted octanol–water partition coefficient (Wildman–Crippen LogP) is 5.07. The van der Waals surface area contributed by atoms with E-state index in [1.807, 2.05) is 12.1 Å². The third-order valence-corrected chi connectivity index (χ3v) is 7.87. The maximum atomic E-state index is 13.0. The van der Waals surface area contributed by atoms with Gasteiger partial charge in [0.15, 0.2) is 6.79 Å². The molecule has 7 heteroatoms. The first kappa shape index (κ1) is 23.8. The summed E-state index contributed by atoms with van der Waals surface area (Å²) in [5, 5.41) is 9.08. The minimum atomic E-state index is -1.02. The SMILES string of the molecule is COCCOCOc1ccc(C(=O)Oc2ccc(C(=O)O)cc2)cc1C12CC3CC(CC(C3)C1)C2. The van der Waals surface area contributed by atoms with E-state index in [4.69, 9.17) is 24.1 Å². The lowest BCUT2D eigenvalue weighted by molar-refractivity contribution is -0.0189. The number of aromatic carboxylic acids is 1. The Balaban J connectivity index is 1.39. The van der Waals surface area contributed by atoms with E-state index >= 15 is 0 Å². The van der Waals surface area contributed by atoms with Crippen molar-refractivity contribution in [2.75, 3.05) is 27.1 Å². The molecule has 4 fully saturated rings. The van der Waals surface area contributed by atoms with Crippen molar-refractivity contribution in [1.29, 1.82) is 0 Å². The van der Waals surface area contributed by atoms with Crippen LogP contribution in [-0.4, -0.2) is 44.2 Å². The second-order valence-corrected chi connectivity index (χ2v) is 10.3. The molecule has 186 valence electrons. The molecule has 0 unspecified atom stereocenters. The summed E-state index contributed by atoms with van der Waals surface area (Å²) in [5.74, 6) is 1.82. The monoisotopic (exact) mass is 480 g/mol. The van der Waals surface area contributed by atoms with E-state index in [1.54, 1.807) is 13.2 Å². The van der Waals surface area contributed by atoms with E-state index in [-0.39, 0.29) is 17.8 Å². The molecule has 4 saturated carbocycles. The van der Waals surface area contributed by atoms with E-state index in [0.29, 0.717) is 24.5 Å². The molecule has 0 atom stereocenters. The smallest absolute Gasteiger partial charge is 0.343 e. The molecule has 1 N–H and O–H groups in total. The Kier molecular flexibility index (Phi) is 6.80. The molecule has 0 saturated heterocycles. The van der Waals surface area contributed by atoms with E-state index in [1.165, 1.54) is 43.5 Å². The van der Waals surface area contributed by atoms with Crippen molar-refractivity contribution in [3.8, 4) is 11.5 Å². The standard InChI is InChI=1S/C28H32O7/c1-32-8-9-33-17-34-25-7-4-22(27(31)35-23-5-2-21(3-6-23)26(29)30)13-24(25)28-14-18-10-19(15-28)12-20(11-18)16-28/h2-7,13,18-20H,8-12,14-17H2,1H3,(H,29,30). The van der Waals surface area contributed by atoms with Crippen LogP contribution in [-0.2, 0) is 14.9 Å². The molecule has 4 aliphatic carbocycles. The average Bonchev–Trinajstić information content (AvgIpc) is 2.83. The van der Waals surface area contributed by atoms with Gasteiger partial charge in [0.05, 0.1) is 24.3 Å². The molecule has 35 heavy (non-hydrogen) atoms. The van der Waals surface area contributed by atoms with Crippen molar-refractivity contribution < 1.29 is 33.6 Å². The van der Waals surface area contributed by atoms with Crippen molar-refractivity contribution in [1.82, 2.24) is 0 Å². The Bertz CT molecular complexity index is 1040. The molecule has 0 radical (unpaired) electrons. The number of rotatable bonds is 10. The summed E-state index contributed by atoms with van der Waals surface area (Å²) in [6, 6.07) is 11.4. The lowest BCUT2D eigenvalue weighted by Crippen LogP contribution is -2.48. The van der Waals surface area contributed by atoms with E-state index in [9.17, 15) is 9.59 Å². The lowest BCUT2D eigenvalue weighted by Gasteiger charge is -2.57. The number of carbonyl (C=O) groups is 2. The second kappa shape index (κ2) is 9.99. The summed E-state index contributed by atoms with van der Waals surface area (Å²) in [6.45, 7) is 1.08. The quantitative estimate of drug-likeness (QED) is 0.220. The highest BCUT2D eigenvalue weighted by Crippen LogP contribution is 2.62. The molecule has 0 amide bonds. The molecular formula is C28H32O7. The molecule has 0 aliphatic heterocycles. The molecule has 4 aliphatic rings. The maximum absolute atomic E-state index is 13.0. The Morgan fingerprint density at radius 1 is 0.914 bits per heavy atom. The first-order valence-corrected chi connectivity index (χ1v) is 12.4. The summed E-state index contributed by atoms with van der Waals surface area (Å²) < 4.78 is 22.2. The van der Waals surface area contributed by atoms with Crippen LogP contribution in [0.5, 0.6) is 11.5 Å². The number of carboxylic acid groups (broad SMARTS) is 1. The molecule has 4 bridgehead atoms. The highest BCUT2D eigenvalue weighted by molar-refractivity contribution is 5.92. The number of carbonyl (C=O) groups excluding carboxylic acids is 1. The van der Waals surface area contributed by atoms with Crippen LogP contribution < -0.4 is 9.47 Å². The molecule has 6 rings (SSSR count). The Morgan fingerprint density at radius 2 is 1.54 bits per heavy atom. The van der Waals surface area contributed by atoms with Gasteiger partial charge < -0.3 is 24.1 Å². The van der Waals surface area contributed by atoms with Gasteiger partial charge in [-0.2, -0.15) is 0 Å². The van der Waals surface area contributed by atoms with Crippen molar-refractivity contribution in [3.05, 3.63) is 59.2 Å². The van der Waals surface area contributed by atoms with Crippen LogP contribution in [0, 0.1) is 17.8 Å². The molecule has 2 aromatic carbocycles. The lowest BCUT2D eigenvalue weighted by atomic mass is 9.48. The topological polar surface area (TPSA) is 91.3 Å². The van der Waals surface area contributed by atoms with Crippen LogP contribution >= 0.6 is 0 Å². The second-order valence-electron chi connectivity index (χ2n) is 10.3. The fourth-order valence-corrected chi connectivity index (χ4v) is 6.78. The van der Waals surface area contributed by atoms with Gasteiger partial charge in [0.1, 0.15) is 11.5 Å². The fraction of sp³-hybridized carbons (Fsp3) is 0.500. The summed E-state index contributed by atoms with van der Waals surface area (Å²) in [4.78, 5) is 24.1. The van der Waals surface area contributed by atoms with Crippen LogP contribution in [0.15, 0.2) is 42.5 Å². The first-order chi connectivity index (χ1) is 17.0. The van der Waals surface area contributed by atoms with Gasteiger partial charge in [-0.3, -0.25) is 0 Å². The van der Waals surface area contributed by atoms with Gasteiger partial charge in [-0.15, -0.1) is 0 Å². The molecular weight excluding hydrogens is 448 g/mol. The number of carboxylic acids is 1. The van der Waals surface area contributed by atoms with Gasteiger partial charge in [-0.05, 0) is 104 Å². The third kappa shape index (κ3) is 5.07. The highest BCUT2D eigenvalue weighted by atomic mass is 16.7. The number of esters is 1. The van der Waals surface area contributed by atoms with Gasteiger partial charge in [0.25, 0.3) is 0 Å². The molecule has 2 aromatic rings. The van der Waals surface area contributed by atoms with Gasteiger partial charge in [0, 0.05) is 12.7 Å².